The average Bonchev–Trinajstić information content (AvgIpc) is 3.19. The van der Waals surface area contributed by atoms with Crippen LogP contribution in [0.25, 0.3) is 0 Å². The zero-order valence-corrected chi connectivity index (χ0v) is 15.9. The number of benzene rings is 1. The van der Waals surface area contributed by atoms with Gasteiger partial charge in [0.25, 0.3) is 0 Å². The van der Waals surface area contributed by atoms with Crippen LogP contribution < -0.4 is 5.01 Å². The minimum absolute atomic E-state index is 0.104. The molecule has 0 aliphatic carbocycles. The first-order valence-corrected chi connectivity index (χ1v) is 9.20. The number of nitrogens with zero attached hydrogens (tertiary/aromatic N) is 4. The predicted octanol–water partition coefficient (Wildman–Crippen LogP) is 3.29. The molecule has 7 heteroatoms. The van der Waals surface area contributed by atoms with Crippen molar-refractivity contribution >= 4 is 23.3 Å². The van der Waals surface area contributed by atoms with Crippen molar-refractivity contribution in [3.8, 4) is 0 Å². The Bertz CT molecular complexity index is 880. The maximum absolute atomic E-state index is 10.6. The van der Waals surface area contributed by atoms with E-state index in [1.54, 1.807) is 11.1 Å². The molecule has 0 amide bonds. The SMILES string of the molecule is CC1=C(C)C(O)N(C2=NN(c3ccccn3)C(c3ccc(Cl)cc3)C2)C1O. The lowest BCUT2D eigenvalue weighted by atomic mass is 10.0. The van der Waals surface area contributed by atoms with Crippen molar-refractivity contribution in [2.24, 2.45) is 5.10 Å². The Morgan fingerprint density at radius 3 is 2.26 bits per heavy atom. The molecule has 140 valence electrons. The standard InChI is InChI=1S/C20H21ClN4O2/c1-12-13(2)20(27)24(19(12)26)18-11-16(14-6-8-15(21)9-7-14)25(23-18)17-5-3-4-10-22-17/h3-10,16,19-20,26-27H,11H2,1-2H3. The van der Waals surface area contributed by atoms with Gasteiger partial charge in [0.2, 0.25) is 0 Å². The third-order valence-electron chi connectivity index (χ3n) is 5.25. The lowest BCUT2D eigenvalue weighted by Crippen LogP contribution is -2.42. The number of pyridine rings is 1. The van der Waals surface area contributed by atoms with Gasteiger partial charge in [-0.2, -0.15) is 5.10 Å². The van der Waals surface area contributed by atoms with Crippen LogP contribution in [0.15, 0.2) is 64.9 Å². The number of amidine groups is 1. The fourth-order valence-electron chi connectivity index (χ4n) is 3.54. The minimum atomic E-state index is -0.881. The maximum atomic E-state index is 10.6. The van der Waals surface area contributed by atoms with Crippen molar-refractivity contribution in [1.29, 1.82) is 0 Å². The second-order valence-corrected chi connectivity index (χ2v) is 7.28. The second-order valence-electron chi connectivity index (χ2n) is 6.84. The van der Waals surface area contributed by atoms with Gasteiger partial charge in [0.05, 0.1) is 6.04 Å². The summed E-state index contributed by atoms with van der Waals surface area (Å²) in [5, 5.41) is 28.4. The number of hydrogen-bond acceptors (Lipinski definition) is 6. The summed E-state index contributed by atoms with van der Waals surface area (Å²) in [6.07, 6.45) is 0.492. The van der Waals surface area contributed by atoms with Crippen molar-refractivity contribution in [2.45, 2.75) is 38.8 Å². The Kier molecular flexibility index (Phi) is 4.63. The Morgan fingerprint density at radius 2 is 1.67 bits per heavy atom. The molecule has 0 spiro atoms. The maximum Gasteiger partial charge on any atom is 0.152 e. The van der Waals surface area contributed by atoms with E-state index in [9.17, 15) is 10.2 Å². The van der Waals surface area contributed by atoms with Gasteiger partial charge in [0.15, 0.2) is 12.5 Å². The summed E-state index contributed by atoms with van der Waals surface area (Å²) in [7, 11) is 0. The molecule has 0 bridgehead atoms. The molecular weight excluding hydrogens is 364 g/mol. The van der Waals surface area contributed by atoms with E-state index < -0.39 is 12.5 Å². The van der Waals surface area contributed by atoms with Crippen LogP contribution in [-0.2, 0) is 0 Å². The third kappa shape index (κ3) is 3.10. The monoisotopic (exact) mass is 384 g/mol. The van der Waals surface area contributed by atoms with Gasteiger partial charge < -0.3 is 10.2 Å². The fourth-order valence-corrected chi connectivity index (χ4v) is 3.66. The van der Waals surface area contributed by atoms with E-state index in [0.717, 1.165) is 16.7 Å². The number of hydrazone groups is 1. The molecule has 2 aromatic rings. The first-order valence-electron chi connectivity index (χ1n) is 8.82. The van der Waals surface area contributed by atoms with E-state index in [-0.39, 0.29) is 6.04 Å². The summed E-state index contributed by atoms with van der Waals surface area (Å²) in [4.78, 5) is 5.99. The van der Waals surface area contributed by atoms with Crippen molar-refractivity contribution in [3.05, 3.63) is 70.4 Å². The highest BCUT2D eigenvalue weighted by Crippen LogP contribution is 2.38. The molecule has 2 aliphatic heterocycles. The van der Waals surface area contributed by atoms with Crippen LogP contribution in [0.2, 0.25) is 5.02 Å². The molecule has 0 saturated carbocycles. The van der Waals surface area contributed by atoms with E-state index in [0.29, 0.717) is 23.1 Å². The van der Waals surface area contributed by atoms with Gasteiger partial charge >= 0.3 is 0 Å². The zero-order valence-electron chi connectivity index (χ0n) is 15.1. The van der Waals surface area contributed by atoms with Gasteiger partial charge in [0, 0.05) is 17.6 Å². The Morgan fingerprint density at radius 1 is 1.00 bits per heavy atom. The highest BCUT2D eigenvalue weighted by atomic mass is 35.5. The molecule has 3 unspecified atom stereocenters. The van der Waals surface area contributed by atoms with Crippen LogP contribution in [0.3, 0.4) is 0 Å². The quantitative estimate of drug-likeness (QED) is 0.777. The molecule has 3 atom stereocenters. The van der Waals surface area contributed by atoms with Gasteiger partial charge in [-0.1, -0.05) is 29.8 Å². The first kappa shape index (κ1) is 18.0. The fraction of sp³-hybridized carbons (Fsp3) is 0.300. The summed E-state index contributed by atoms with van der Waals surface area (Å²) in [5.74, 6) is 1.33. The molecule has 0 saturated heterocycles. The molecule has 0 radical (unpaired) electrons. The number of aliphatic hydroxyl groups is 2. The molecule has 4 rings (SSSR count). The smallest absolute Gasteiger partial charge is 0.152 e. The number of hydrogen-bond donors (Lipinski definition) is 2. The number of aromatic nitrogens is 1. The highest BCUT2D eigenvalue weighted by Gasteiger charge is 2.41. The van der Waals surface area contributed by atoms with Gasteiger partial charge in [0.1, 0.15) is 11.7 Å². The van der Waals surface area contributed by atoms with E-state index in [2.05, 4.69) is 4.98 Å². The number of aliphatic hydroxyl groups excluding tert-OH is 2. The summed E-state index contributed by atoms with van der Waals surface area (Å²) < 4.78 is 0. The van der Waals surface area contributed by atoms with Crippen molar-refractivity contribution in [1.82, 2.24) is 9.88 Å². The van der Waals surface area contributed by atoms with Crippen LogP contribution in [0.1, 0.15) is 31.9 Å². The third-order valence-corrected chi connectivity index (χ3v) is 5.51. The van der Waals surface area contributed by atoms with Crippen molar-refractivity contribution in [3.63, 3.8) is 0 Å². The normalized spacial score (nSPS) is 25.4. The predicted molar refractivity (Wildman–Crippen MR) is 105 cm³/mol. The van der Waals surface area contributed by atoms with Gasteiger partial charge in [-0.25, -0.2) is 9.99 Å². The average molecular weight is 385 g/mol. The molecule has 3 heterocycles. The molecular formula is C20H21ClN4O2. The number of rotatable bonds is 2. The summed E-state index contributed by atoms with van der Waals surface area (Å²) in [6.45, 7) is 3.65. The Labute approximate surface area is 163 Å². The molecule has 0 fully saturated rings. The van der Waals surface area contributed by atoms with E-state index >= 15 is 0 Å². The molecule has 2 aliphatic rings. The summed E-state index contributed by atoms with van der Waals surface area (Å²) in [5.41, 5.74) is 2.54. The van der Waals surface area contributed by atoms with Crippen LogP contribution in [-0.4, -0.2) is 38.4 Å². The van der Waals surface area contributed by atoms with Gasteiger partial charge in [-0.15, -0.1) is 0 Å². The van der Waals surface area contributed by atoms with Gasteiger partial charge in [-0.05, 0) is 54.8 Å². The van der Waals surface area contributed by atoms with E-state index in [1.165, 1.54) is 0 Å². The first-order chi connectivity index (χ1) is 13.0. The highest BCUT2D eigenvalue weighted by molar-refractivity contribution is 6.30. The topological polar surface area (TPSA) is 72.2 Å². The zero-order chi connectivity index (χ0) is 19.1. The largest absolute Gasteiger partial charge is 0.369 e. The van der Waals surface area contributed by atoms with Crippen LogP contribution >= 0.6 is 11.6 Å². The summed E-state index contributed by atoms with van der Waals surface area (Å²) in [6, 6.07) is 13.2. The van der Waals surface area contributed by atoms with E-state index in [4.69, 9.17) is 16.7 Å². The molecule has 1 aromatic heterocycles. The minimum Gasteiger partial charge on any atom is -0.369 e. The lowest BCUT2D eigenvalue weighted by molar-refractivity contribution is 0.00446. The molecule has 27 heavy (non-hydrogen) atoms. The van der Waals surface area contributed by atoms with Crippen LogP contribution in [0, 0.1) is 0 Å². The van der Waals surface area contributed by atoms with Crippen molar-refractivity contribution in [2.75, 3.05) is 5.01 Å². The van der Waals surface area contributed by atoms with Crippen LogP contribution in [0.5, 0.6) is 0 Å². The number of halogens is 1. The van der Waals surface area contributed by atoms with Crippen LogP contribution in [0.4, 0.5) is 5.82 Å². The molecule has 2 N–H and O–H groups in total. The molecule has 1 aromatic carbocycles. The van der Waals surface area contributed by atoms with E-state index in [1.807, 2.05) is 61.3 Å². The van der Waals surface area contributed by atoms with Gasteiger partial charge in [-0.3, -0.25) is 4.90 Å². The Hall–Kier alpha value is -2.41. The number of anilines is 1. The second kappa shape index (κ2) is 6.96. The lowest BCUT2D eigenvalue weighted by Gasteiger charge is -2.27. The Balaban J connectivity index is 1.71. The van der Waals surface area contributed by atoms with Crippen molar-refractivity contribution < 1.29 is 10.2 Å². The summed E-state index contributed by atoms with van der Waals surface area (Å²) >= 11 is 6.04. The molecule has 6 nitrogen and oxygen atoms in total.